The van der Waals surface area contributed by atoms with E-state index in [2.05, 4.69) is 29.4 Å². The number of fused-ring (bicyclic) bond motifs is 1. The maximum absolute atomic E-state index is 14.8. The second-order valence-corrected chi connectivity index (χ2v) is 19.8. The van der Waals surface area contributed by atoms with E-state index in [0.29, 0.717) is 71.9 Å². The molecule has 3 saturated carbocycles. The van der Waals surface area contributed by atoms with Gasteiger partial charge in [0.1, 0.15) is 53.0 Å². The third kappa shape index (κ3) is 10.2. The van der Waals surface area contributed by atoms with Crippen LogP contribution in [-0.2, 0) is 23.9 Å². The molecule has 0 spiro atoms. The summed E-state index contributed by atoms with van der Waals surface area (Å²) in [7, 11) is 0. The van der Waals surface area contributed by atoms with E-state index in [9.17, 15) is 24.3 Å². The lowest BCUT2D eigenvalue weighted by Crippen LogP contribution is -2.59. The van der Waals surface area contributed by atoms with Crippen LogP contribution < -0.4 is 20.1 Å². The van der Waals surface area contributed by atoms with E-state index in [1.807, 2.05) is 45.9 Å². The maximum Gasteiger partial charge on any atom is 0.408 e. The van der Waals surface area contributed by atoms with Crippen LogP contribution in [0.25, 0.3) is 10.9 Å². The number of carboxylic acids is 1. The predicted molar refractivity (Wildman–Crippen MR) is 231 cm³/mol. The Balaban J connectivity index is 1.17. The van der Waals surface area contributed by atoms with Gasteiger partial charge in [-0.3, -0.25) is 19.5 Å². The van der Waals surface area contributed by atoms with Crippen molar-refractivity contribution in [1.82, 2.24) is 25.4 Å². The molecule has 2 saturated heterocycles. The molecular formula is C46H66ClN5O9. The van der Waals surface area contributed by atoms with Crippen LogP contribution in [0.2, 0.25) is 5.02 Å². The first-order valence-electron chi connectivity index (χ1n) is 22.6. The van der Waals surface area contributed by atoms with Gasteiger partial charge in [-0.25, -0.2) is 9.59 Å². The summed E-state index contributed by atoms with van der Waals surface area (Å²) in [5.41, 5.74) is -0.727. The number of hydrogen-bond acceptors (Lipinski definition) is 10. The van der Waals surface area contributed by atoms with Crippen molar-refractivity contribution < 1.29 is 43.2 Å². The molecule has 1 unspecified atom stereocenters. The molecule has 7 rings (SSSR count). The number of nitrogens with one attached hydrogen (secondary N) is 2. The third-order valence-electron chi connectivity index (χ3n) is 14.0. The second-order valence-electron chi connectivity index (χ2n) is 19.4. The Morgan fingerprint density at radius 2 is 1.72 bits per heavy atom. The van der Waals surface area contributed by atoms with E-state index in [4.69, 9.17) is 35.5 Å². The van der Waals surface area contributed by atoms with Gasteiger partial charge >= 0.3 is 12.1 Å². The summed E-state index contributed by atoms with van der Waals surface area (Å²) in [5, 5.41) is 17.0. The fraction of sp³-hybridized carbons (Fsp3) is 0.717. The monoisotopic (exact) mass is 867 g/mol. The summed E-state index contributed by atoms with van der Waals surface area (Å²) < 4.78 is 24.4. The number of amides is 3. The smallest absolute Gasteiger partial charge is 0.408 e. The summed E-state index contributed by atoms with van der Waals surface area (Å²) in [5.74, 6) is -0.227. The molecule has 0 radical (unpaired) electrons. The number of likely N-dealkylation sites (tertiary alicyclic amines) is 1. The van der Waals surface area contributed by atoms with E-state index in [-0.39, 0.29) is 30.9 Å². The van der Waals surface area contributed by atoms with Crippen molar-refractivity contribution in [2.24, 2.45) is 23.2 Å². The van der Waals surface area contributed by atoms with E-state index >= 15 is 0 Å². The number of hydrogen-bond donors (Lipinski definition) is 3. The minimum atomic E-state index is -1.39. The van der Waals surface area contributed by atoms with Gasteiger partial charge in [-0.15, -0.1) is 0 Å². The summed E-state index contributed by atoms with van der Waals surface area (Å²) in [6, 6.07) is 3.58. The molecule has 1 aromatic carbocycles. The van der Waals surface area contributed by atoms with Crippen LogP contribution in [0.3, 0.4) is 0 Å². The first-order valence-corrected chi connectivity index (χ1v) is 23.0. The largest absolute Gasteiger partial charge is 0.491 e. The number of carbonyl (C=O) groups is 4. The molecular weight excluding hydrogens is 802 g/mol. The van der Waals surface area contributed by atoms with E-state index in [0.717, 1.165) is 63.9 Å². The Bertz CT molecular complexity index is 1920. The van der Waals surface area contributed by atoms with Gasteiger partial charge < -0.3 is 39.6 Å². The van der Waals surface area contributed by atoms with Gasteiger partial charge in [0.15, 0.2) is 0 Å². The van der Waals surface area contributed by atoms with Crippen molar-refractivity contribution >= 4 is 46.4 Å². The first kappa shape index (κ1) is 45.2. The summed E-state index contributed by atoms with van der Waals surface area (Å²) in [6.07, 6.45) is 6.27. The highest BCUT2D eigenvalue weighted by atomic mass is 35.5. The Hall–Kier alpha value is -3.88. The van der Waals surface area contributed by atoms with Gasteiger partial charge in [0.2, 0.25) is 11.8 Å². The molecule has 2 aliphatic heterocycles. The molecule has 5 aliphatic rings. The molecule has 3 N–H and O–H groups in total. The van der Waals surface area contributed by atoms with Crippen molar-refractivity contribution in [3.05, 3.63) is 28.9 Å². The van der Waals surface area contributed by atoms with Crippen LogP contribution in [-0.4, -0.2) is 120 Å². The molecule has 8 atom stereocenters. The van der Waals surface area contributed by atoms with Gasteiger partial charge in [0, 0.05) is 49.1 Å². The lowest BCUT2D eigenvalue weighted by Gasteiger charge is -2.35. The number of aliphatic carboxylic acids is 1. The zero-order valence-electron chi connectivity index (χ0n) is 36.8. The molecule has 3 amide bonds. The number of aromatic nitrogens is 1. The molecule has 14 nitrogen and oxygen atoms in total. The number of morpholine rings is 1. The third-order valence-corrected chi connectivity index (χ3v) is 14.4. The second kappa shape index (κ2) is 18.8. The quantitative estimate of drug-likeness (QED) is 0.180. The molecule has 3 heterocycles. The molecule has 0 bridgehead atoms. The van der Waals surface area contributed by atoms with Crippen molar-refractivity contribution in [2.75, 3.05) is 46.0 Å². The van der Waals surface area contributed by atoms with E-state index in [1.54, 1.807) is 0 Å². The molecule has 5 fully saturated rings. The Morgan fingerprint density at radius 1 is 1.02 bits per heavy atom. The Morgan fingerprint density at radius 3 is 2.36 bits per heavy atom. The highest BCUT2D eigenvalue weighted by molar-refractivity contribution is 6.36. The number of halogens is 1. The highest BCUT2D eigenvalue weighted by Crippen LogP contribution is 2.47. The van der Waals surface area contributed by atoms with Crippen LogP contribution in [0.1, 0.15) is 117 Å². The topological polar surface area (TPSA) is 169 Å². The van der Waals surface area contributed by atoms with Crippen molar-refractivity contribution in [3.8, 4) is 11.5 Å². The van der Waals surface area contributed by atoms with Gasteiger partial charge in [-0.1, -0.05) is 78.8 Å². The number of alkyl carbamates (subject to hydrolysis) is 1. The highest BCUT2D eigenvalue weighted by Gasteiger charge is 2.61. The lowest BCUT2D eigenvalue weighted by molar-refractivity contribution is -0.146. The minimum Gasteiger partial charge on any atom is -0.491 e. The van der Waals surface area contributed by atoms with E-state index in [1.165, 1.54) is 11.3 Å². The average Bonchev–Trinajstić information content (AvgIpc) is 3.64. The minimum absolute atomic E-state index is 0.0220. The van der Waals surface area contributed by atoms with Crippen molar-refractivity contribution in [3.63, 3.8) is 0 Å². The van der Waals surface area contributed by atoms with Crippen LogP contribution >= 0.6 is 11.6 Å². The normalized spacial score (nSPS) is 28.9. The zero-order chi connectivity index (χ0) is 43.6. The molecule has 336 valence electrons. The fourth-order valence-electron chi connectivity index (χ4n) is 9.91. The number of pyridine rings is 1. The van der Waals surface area contributed by atoms with Gasteiger partial charge in [-0.05, 0) is 67.4 Å². The summed E-state index contributed by atoms with van der Waals surface area (Å²) in [4.78, 5) is 63.9. The zero-order valence-corrected chi connectivity index (χ0v) is 37.6. The fourth-order valence-corrected chi connectivity index (χ4v) is 10.2. The predicted octanol–water partition coefficient (Wildman–Crippen LogP) is 6.94. The average molecular weight is 869 g/mol. The molecule has 15 heteroatoms. The van der Waals surface area contributed by atoms with Gasteiger partial charge in [0.05, 0.1) is 25.3 Å². The van der Waals surface area contributed by atoms with Crippen LogP contribution in [0.15, 0.2) is 18.2 Å². The number of carboxylic acid groups (broad SMARTS) is 1. The summed E-state index contributed by atoms with van der Waals surface area (Å²) in [6.45, 7) is 16.1. The first-order chi connectivity index (χ1) is 29.1. The molecule has 1 aromatic heterocycles. The van der Waals surface area contributed by atoms with Crippen LogP contribution in [0, 0.1) is 23.2 Å². The number of nitrogens with zero attached hydrogens (tertiary/aromatic N) is 3. The van der Waals surface area contributed by atoms with Crippen molar-refractivity contribution in [1.29, 1.82) is 0 Å². The standard InChI is InChI=1S/C46H66ClN5O9/c1-7-30-25-46(30,43(55)56)50-41(53)35-23-32(26-52(35)42(54)40(45(4,5)6)49-44(57)61-31-21-27(2)28(3)22-31)60-37-24-34(29-11-9-8-10-12-29)48-39-33(37)13-14-36(38(39)47)59-20-17-51-15-18-58-19-16-51/h13-14,24,27-32,35,40H,7-12,15-23,25-26H2,1-6H3,(H,49,57)(H,50,53)(H,55,56)/t27-,28?,30-,31+,32-,35+,40-,46-/m1/s1. The molecule has 3 aliphatic carbocycles. The number of ether oxygens (including phenoxy) is 4. The van der Waals surface area contributed by atoms with Crippen LogP contribution in [0.4, 0.5) is 4.79 Å². The van der Waals surface area contributed by atoms with Crippen molar-refractivity contribution in [2.45, 2.75) is 141 Å². The molecule has 61 heavy (non-hydrogen) atoms. The molecule has 2 aromatic rings. The van der Waals surface area contributed by atoms with Gasteiger partial charge in [0.25, 0.3) is 0 Å². The van der Waals surface area contributed by atoms with Crippen LogP contribution in [0.5, 0.6) is 11.5 Å². The SMILES string of the molecule is CC[C@@H]1C[C@]1(NC(=O)[C@@H]1C[C@@H](Oc2cc(C3CCCCC3)nc3c(Cl)c(OCCN4CCOCC4)ccc23)CN1C(=O)[C@@H](NC(=O)O[C@@H]1CC(C)[C@H](C)C1)C(C)(C)C)C(=O)O. The summed E-state index contributed by atoms with van der Waals surface area (Å²) >= 11 is 7.12. The number of rotatable bonds is 14. The maximum atomic E-state index is 14.8. The Labute approximate surface area is 365 Å². The number of benzene rings is 1. The van der Waals surface area contributed by atoms with E-state index < -0.39 is 53.0 Å². The number of carbonyl (C=O) groups excluding carboxylic acids is 3. The Kier molecular flexibility index (Phi) is 13.9. The lowest BCUT2D eigenvalue weighted by atomic mass is 9.85. The van der Waals surface area contributed by atoms with Gasteiger partial charge in [-0.2, -0.15) is 0 Å².